The largest absolute Gasteiger partial charge is 0.497 e. The van der Waals surface area contributed by atoms with Gasteiger partial charge in [-0.25, -0.2) is 0 Å². The van der Waals surface area contributed by atoms with Crippen LogP contribution in [0.5, 0.6) is 5.75 Å². The van der Waals surface area contributed by atoms with Gasteiger partial charge in [-0.15, -0.1) is 0 Å². The quantitative estimate of drug-likeness (QED) is 0.529. The molecule has 154 valence electrons. The summed E-state index contributed by atoms with van der Waals surface area (Å²) in [7, 11) is 1.62. The molecule has 1 atom stereocenters. The third-order valence-electron chi connectivity index (χ3n) is 6.31. The Hall–Kier alpha value is -3.07. The molecule has 0 aliphatic carbocycles. The number of rotatable bonds is 3. The number of carbonyl (C=O) groups is 1. The highest BCUT2D eigenvalue weighted by Gasteiger charge is 2.47. The van der Waals surface area contributed by atoms with Gasteiger partial charge in [-0.2, -0.15) is 0 Å². The third kappa shape index (κ3) is 3.28. The number of ether oxygens (including phenoxy) is 1. The van der Waals surface area contributed by atoms with Crippen molar-refractivity contribution in [2.45, 2.75) is 45.1 Å². The van der Waals surface area contributed by atoms with Crippen LogP contribution in [-0.2, 0) is 5.41 Å². The van der Waals surface area contributed by atoms with E-state index in [2.05, 4.69) is 76.2 Å². The van der Waals surface area contributed by atoms with Crippen LogP contribution in [0.3, 0.4) is 0 Å². The van der Waals surface area contributed by atoms with Gasteiger partial charge in [-0.1, -0.05) is 55.5 Å². The predicted octanol–water partition coefficient (Wildman–Crippen LogP) is 6.14. The van der Waals surface area contributed by atoms with Crippen LogP contribution in [0.25, 0.3) is 0 Å². The van der Waals surface area contributed by atoms with Crippen LogP contribution in [0.15, 0.2) is 72.8 Å². The summed E-state index contributed by atoms with van der Waals surface area (Å²) in [6.07, 6.45) is 0.829. The van der Waals surface area contributed by atoms with Crippen LogP contribution in [0.2, 0.25) is 0 Å². The fourth-order valence-electron chi connectivity index (χ4n) is 4.99. The van der Waals surface area contributed by atoms with Crippen molar-refractivity contribution < 1.29 is 9.53 Å². The average molecular weight is 400 g/mol. The summed E-state index contributed by atoms with van der Waals surface area (Å²) in [5.74, 6) is 0.690. The van der Waals surface area contributed by atoms with Gasteiger partial charge in [0.05, 0.1) is 7.11 Å². The molecule has 4 rings (SSSR count). The molecule has 1 aliphatic heterocycles. The molecule has 0 N–H and O–H groups in total. The van der Waals surface area contributed by atoms with E-state index in [0.29, 0.717) is 11.3 Å². The lowest BCUT2D eigenvalue weighted by molar-refractivity contribution is 0.0948. The van der Waals surface area contributed by atoms with Crippen molar-refractivity contribution in [3.63, 3.8) is 0 Å². The summed E-state index contributed by atoms with van der Waals surface area (Å²) in [4.78, 5) is 15.8. The number of benzene rings is 3. The van der Waals surface area contributed by atoms with Crippen LogP contribution in [0.4, 0.5) is 5.69 Å². The number of methoxy groups -OCH3 is 1. The topological polar surface area (TPSA) is 29.5 Å². The van der Waals surface area contributed by atoms with Gasteiger partial charge >= 0.3 is 0 Å². The zero-order valence-corrected chi connectivity index (χ0v) is 18.4. The van der Waals surface area contributed by atoms with Crippen molar-refractivity contribution in [1.82, 2.24) is 0 Å². The van der Waals surface area contributed by atoms with Crippen molar-refractivity contribution in [1.29, 1.82) is 0 Å². The summed E-state index contributed by atoms with van der Waals surface area (Å²) in [6, 6.07) is 24.5. The number of anilines is 1. The molecule has 30 heavy (non-hydrogen) atoms. The number of fused-ring (bicyclic) bond motifs is 1. The molecule has 0 fully saturated rings. The Morgan fingerprint density at radius 1 is 0.933 bits per heavy atom. The highest BCUT2D eigenvalue weighted by atomic mass is 16.5. The van der Waals surface area contributed by atoms with Crippen molar-refractivity contribution in [2.75, 3.05) is 12.0 Å². The normalized spacial score (nSPS) is 19.8. The van der Waals surface area contributed by atoms with Crippen molar-refractivity contribution in [2.24, 2.45) is 0 Å². The van der Waals surface area contributed by atoms with Gasteiger partial charge in [0, 0.05) is 22.2 Å². The van der Waals surface area contributed by atoms with Gasteiger partial charge in [-0.05, 0) is 68.1 Å². The fourth-order valence-corrected chi connectivity index (χ4v) is 4.99. The van der Waals surface area contributed by atoms with E-state index in [1.807, 2.05) is 29.2 Å². The molecule has 0 unspecified atom stereocenters. The monoisotopic (exact) mass is 399 g/mol. The Kier molecular flexibility index (Phi) is 4.93. The third-order valence-corrected chi connectivity index (χ3v) is 6.31. The SMILES string of the molecule is COc1cccc(C(=O)N2c3cc(C)ccc3[C@@](C)(c3ccccc3)CC2(C)C)c1. The fraction of sp³-hybridized carbons (Fsp3) is 0.296. The van der Waals surface area contributed by atoms with Crippen molar-refractivity contribution in [3.8, 4) is 5.75 Å². The highest BCUT2D eigenvalue weighted by Crippen LogP contribution is 2.51. The van der Waals surface area contributed by atoms with E-state index in [4.69, 9.17) is 4.74 Å². The molecule has 3 aromatic carbocycles. The minimum Gasteiger partial charge on any atom is -0.497 e. The Morgan fingerprint density at radius 2 is 1.67 bits per heavy atom. The van der Waals surface area contributed by atoms with Gasteiger partial charge in [0.1, 0.15) is 5.75 Å². The summed E-state index contributed by atoms with van der Waals surface area (Å²) in [5, 5.41) is 0. The van der Waals surface area contributed by atoms with E-state index in [-0.39, 0.29) is 16.9 Å². The first kappa shape index (κ1) is 20.2. The molecule has 1 aliphatic rings. The number of amides is 1. The maximum atomic E-state index is 13.8. The van der Waals surface area contributed by atoms with Gasteiger partial charge in [-0.3, -0.25) is 4.79 Å². The summed E-state index contributed by atoms with van der Waals surface area (Å²) < 4.78 is 5.35. The molecule has 0 spiro atoms. The number of nitrogens with zero attached hydrogens (tertiary/aromatic N) is 1. The second-order valence-electron chi connectivity index (χ2n) is 9.08. The van der Waals surface area contributed by atoms with E-state index in [1.54, 1.807) is 7.11 Å². The first-order chi connectivity index (χ1) is 14.3. The smallest absolute Gasteiger partial charge is 0.258 e. The van der Waals surface area contributed by atoms with Crippen LogP contribution >= 0.6 is 0 Å². The van der Waals surface area contributed by atoms with E-state index in [9.17, 15) is 4.79 Å². The van der Waals surface area contributed by atoms with Crippen LogP contribution in [0, 0.1) is 6.92 Å². The average Bonchev–Trinajstić information content (AvgIpc) is 2.73. The lowest BCUT2D eigenvalue weighted by Crippen LogP contribution is -2.55. The standard InChI is InChI=1S/C27H29NO2/c1-19-14-15-23-24(16-19)28(25(29)20-10-9-13-22(17-20)30-5)26(2,3)18-27(23,4)21-11-7-6-8-12-21/h6-17H,18H2,1-5H3/t27-/m1/s1. The van der Waals surface area contributed by atoms with Crippen LogP contribution < -0.4 is 9.64 Å². The maximum Gasteiger partial charge on any atom is 0.258 e. The molecule has 0 aromatic heterocycles. The zero-order valence-electron chi connectivity index (χ0n) is 18.4. The lowest BCUT2D eigenvalue weighted by atomic mass is 9.65. The number of aryl methyl sites for hydroxylation is 1. The Morgan fingerprint density at radius 3 is 2.37 bits per heavy atom. The Bertz CT molecular complexity index is 1090. The first-order valence-corrected chi connectivity index (χ1v) is 10.4. The van der Waals surface area contributed by atoms with Crippen molar-refractivity contribution >= 4 is 11.6 Å². The molecular weight excluding hydrogens is 370 g/mol. The molecule has 3 heteroatoms. The van der Waals surface area contributed by atoms with E-state index >= 15 is 0 Å². The van der Waals surface area contributed by atoms with Gasteiger partial charge in [0.2, 0.25) is 0 Å². The second-order valence-corrected chi connectivity index (χ2v) is 9.08. The number of hydrogen-bond donors (Lipinski definition) is 0. The second kappa shape index (κ2) is 7.32. The molecule has 0 saturated carbocycles. The summed E-state index contributed by atoms with van der Waals surface area (Å²) >= 11 is 0. The Balaban J connectivity index is 1.91. The first-order valence-electron chi connectivity index (χ1n) is 10.4. The van der Waals surface area contributed by atoms with Crippen LogP contribution in [0.1, 0.15) is 54.2 Å². The highest BCUT2D eigenvalue weighted by molar-refractivity contribution is 6.08. The number of hydrogen-bond acceptors (Lipinski definition) is 2. The van der Waals surface area contributed by atoms with Gasteiger partial charge < -0.3 is 9.64 Å². The van der Waals surface area contributed by atoms with Crippen LogP contribution in [-0.4, -0.2) is 18.6 Å². The van der Waals surface area contributed by atoms with Crippen molar-refractivity contribution in [3.05, 3.63) is 95.1 Å². The molecule has 3 nitrogen and oxygen atoms in total. The lowest BCUT2D eigenvalue weighted by Gasteiger charge is -2.51. The summed E-state index contributed by atoms with van der Waals surface area (Å²) in [5.41, 5.74) is 4.69. The molecule has 1 amide bonds. The van der Waals surface area contributed by atoms with E-state index in [0.717, 1.165) is 17.7 Å². The molecule has 0 bridgehead atoms. The molecular formula is C27H29NO2. The molecule has 0 saturated heterocycles. The number of carbonyl (C=O) groups excluding carboxylic acids is 1. The molecule has 1 heterocycles. The van der Waals surface area contributed by atoms with E-state index in [1.165, 1.54) is 11.1 Å². The van der Waals surface area contributed by atoms with E-state index < -0.39 is 0 Å². The minimum atomic E-state index is -0.369. The van der Waals surface area contributed by atoms with Gasteiger partial charge in [0.25, 0.3) is 5.91 Å². The Labute approximate surface area is 179 Å². The summed E-state index contributed by atoms with van der Waals surface area (Å²) in [6.45, 7) is 8.70. The molecule has 3 aromatic rings. The maximum absolute atomic E-state index is 13.8. The predicted molar refractivity (Wildman–Crippen MR) is 123 cm³/mol. The molecule has 0 radical (unpaired) electrons. The minimum absolute atomic E-state index is 0.000798. The zero-order chi connectivity index (χ0) is 21.5. The van der Waals surface area contributed by atoms with Gasteiger partial charge in [0.15, 0.2) is 0 Å².